The van der Waals surface area contributed by atoms with Crippen LogP contribution in [0.15, 0.2) is 22.7 Å². The van der Waals surface area contributed by atoms with E-state index in [1.165, 1.54) is 0 Å². The Morgan fingerprint density at radius 1 is 1.50 bits per heavy atom. The summed E-state index contributed by atoms with van der Waals surface area (Å²) in [6.07, 6.45) is -2.61. The molecule has 0 aliphatic heterocycles. The summed E-state index contributed by atoms with van der Waals surface area (Å²) in [6, 6.07) is 4.89. The highest BCUT2D eigenvalue weighted by atomic mass is 79.9. The van der Waals surface area contributed by atoms with E-state index in [0.29, 0.717) is 5.56 Å². The molecule has 0 spiro atoms. The number of aryl methyl sites for hydroxylation is 1. The second-order valence-corrected chi connectivity index (χ2v) is 4.68. The van der Waals surface area contributed by atoms with Crippen molar-refractivity contribution in [2.45, 2.75) is 13.3 Å². The Balaban J connectivity index is 2.90. The van der Waals surface area contributed by atoms with Gasteiger partial charge in [0.15, 0.2) is 0 Å². The first-order chi connectivity index (χ1) is 8.45. The molecule has 1 aromatic carbocycles. The van der Waals surface area contributed by atoms with Crippen LogP contribution in [0.5, 0.6) is 0 Å². The predicted molar refractivity (Wildman–Crippen MR) is 67.9 cm³/mol. The van der Waals surface area contributed by atoms with Gasteiger partial charge in [0, 0.05) is 16.6 Å². The van der Waals surface area contributed by atoms with Gasteiger partial charge < -0.3 is 10.0 Å². The Morgan fingerprint density at radius 3 is 2.67 bits per heavy atom. The third-order valence-electron chi connectivity index (χ3n) is 2.42. The molecule has 0 atom stereocenters. The first kappa shape index (κ1) is 15.0. The van der Waals surface area contributed by atoms with Gasteiger partial charge in [-0.3, -0.25) is 4.79 Å². The van der Waals surface area contributed by atoms with Gasteiger partial charge in [0.2, 0.25) is 0 Å². The highest BCUT2D eigenvalue weighted by molar-refractivity contribution is 9.10. The molecule has 100 valence electrons. The number of aliphatic hydroxyl groups is 1. The summed E-state index contributed by atoms with van der Waals surface area (Å²) in [5.41, 5.74) is 1.19. The van der Waals surface area contributed by atoms with Crippen molar-refractivity contribution in [1.29, 1.82) is 0 Å². The van der Waals surface area contributed by atoms with Gasteiger partial charge in [0.25, 0.3) is 12.3 Å². The normalized spacial score (nSPS) is 10.8. The summed E-state index contributed by atoms with van der Waals surface area (Å²) in [7, 11) is 0. The maximum atomic E-state index is 12.3. The second kappa shape index (κ2) is 6.80. The van der Waals surface area contributed by atoms with Crippen molar-refractivity contribution >= 4 is 21.8 Å². The fraction of sp³-hybridized carbons (Fsp3) is 0.417. The van der Waals surface area contributed by atoms with E-state index in [4.69, 9.17) is 5.11 Å². The van der Waals surface area contributed by atoms with Crippen molar-refractivity contribution in [2.75, 3.05) is 19.7 Å². The van der Waals surface area contributed by atoms with Crippen molar-refractivity contribution < 1.29 is 18.7 Å². The zero-order valence-electron chi connectivity index (χ0n) is 9.87. The summed E-state index contributed by atoms with van der Waals surface area (Å²) in [5, 5.41) is 8.80. The largest absolute Gasteiger partial charge is 0.395 e. The molecule has 0 aliphatic carbocycles. The number of hydrogen-bond acceptors (Lipinski definition) is 2. The van der Waals surface area contributed by atoms with Crippen molar-refractivity contribution in [2.24, 2.45) is 0 Å². The number of carbonyl (C=O) groups is 1. The summed E-state index contributed by atoms with van der Waals surface area (Å²) in [5.74, 6) is -0.500. The van der Waals surface area contributed by atoms with Crippen LogP contribution in [-0.2, 0) is 0 Å². The lowest BCUT2D eigenvalue weighted by molar-refractivity contribution is 0.0509. The Hall–Kier alpha value is -1.01. The van der Waals surface area contributed by atoms with Crippen molar-refractivity contribution in [1.82, 2.24) is 4.90 Å². The van der Waals surface area contributed by atoms with Crippen LogP contribution in [0.2, 0.25) is 0 Å². The summed E-state index contributed by atoms with van der Waals surface area (Å²) in [6.45, 7) is 0.700. The van der Waals surface area contributed by atoms with Crippen LogP contribution in [0.3, 0.4) is 0 Å². The van der Waals surface area contributed by atoms with Gasteiger partial charge in [-0.1, -0.05) is 15.9 Å². The number of nitrogens with zero attached hydrogens (tertiary/aromatic N) is 1. The van der Waals surface area contributed by atoms with Crippen LogP contribution in [0.4, 0.5) is 8.78 Å². The molecule has 0 aliphatic rings. The second-order valence-electron chi connectivity index (χ2n) is 3.83. The number of halogens is 3. The SMILES string of the molecule is Cc1cc(C(=O)N(CCO)CC(F)F)ccc1Br. The van der Waals surface area contributed by atoms with Gasteiger partial charge in [-0.05, 0) is 30.7 Å². The lowest BCUT2D eigenvalue weighted by Gasteiger charge is -2.21. The fourth-order valence-corrected chi connectivity index (χ4v) is 1.77. The lowest BCUT2D eigenvalue weighted by Crippen LogP contribution is -2.37. The van der Waals surface area contributed by atoms with E-state index >= 15 is 0 Å². The maximum Gasteiger partial charge on any atom is 0.255 e. The number of rotatable bonds is 5. The van der Waals surface area contributed by atoms with Crippen LogP contribution in [0, 0.1) is 6.92 Å². The number of hydrogen-bond donors (Lipinski definition) is 1. The highest BCUT2D eigenvalue weighted by Crippen LogP contribution is 2.18. The molecular weight excluding hydrogens is 308 g/mol. The molecule has 0 saturated carbocycles. The molecule has 1 rings (SSSR count). The third-order valence-corrected chi connectivity index (χ3v) is 3.31. The van der Waals surface area contributed by atoms with E-state index in [2.05, 4.69) is 15.9 Å². The first-order valence-corrected chi connectivity index (χ1v) is 6.19. The number of aliphatic hydroxyl groups excluding tert-OH is 1. The monoisotopic (exact) mass is 321 g/mol. The number of alkyl halides is 2. The van der Waals surface area contributed by atoms with E-state index in [1.54, 1.807) is 18.2 Å². The summed E-state index contributed by atoms with van der Waals surface area (Å²) in [4.78, 5) is 13.0. The quantitative estimate of drug-likeness (QED) is 0.905. The van der Waals surface area contributed by atoms with Gasteiger partial charge in [-0.25, -0.2) is 8.78 Å². The highest BCUT2D eigenvalue weighted by Gasteiger charge is 2.19. The average Bonchev–Trinajstić information content (AvgIpc) is 2.31. The molecular formula is C12H14BrF2NO2. The Morgan fingerprint density at radius 2 is 2.17 bits per heavy atom. The Kier molecular flexibility index (Phi) is 5.68. The molecule has 18 heavy (non-hydrogen) atoms. The standard InChI is InChI=1S/C12H14BrF2NO2/c1-8-6-9(2-3-10(8)13)12(18)16(4-5-17)7-11(14)15/h2-3,6,11,17H,4-5,7H2,1H3. The first-order valence-electron chi connectivity index (χ1n) is 5.40. The topological polar surface area (TPSA) is 40.5 Å². The predicted octanol–water partition coefficient (Wildman–Crippen LogP) is 2.46. The minimum absolute atomic E-state index is 0.0989. The van der Waals surface area contributed by atoms with E-state index in [-0.39, 0.29) is 13.2 Å². The van der Waals surface area contributed by atoms with Gasteiger partial charge in [0.1, 0.15) is 0 Å². The lowest BCUT2D eigenvalue weighted by atomic mass is 10.1. The molecule has 1 amide bonds. The maximum absolute atomic E-state index is 12.3. The van der Waals surface area contributed by atoms with Gasteiger partial charge in [-0.15, -0.1) is 0 Å². The molecule has 0 aromatic heterocycles. The Labute approximate surface area is 113 Å². The molecule has 1 aromatic rings. The minimum atomic E-state index is -2.61. The van der Waals surface area contributed by atoms with Crippen molar-refractivity contribution in [3.8, 4) is 0 Å². The van der Waals surface area contributed by atoms with Crippen molar-refractivity contribution in [3.63, 3.8) is 0 Å². The smallest absolute Gasteiger partial charge is 0.255 e. The van der Waals surface area contributed by atoms with Gasteiger partial charge in [0.05, 0.1) is 13.2 Å². The van der Waals surface area contributed by atoms with Gasteiger partial charge in [-0.2, -0.15) is 0 Å². The van der Waals surface area contributed by atoms with Crippen LogP contribution in [-0.4, -0.2) is 42.0 Å². The van der Waals surface area contributed by atoms with E-state index < -0.39 is 18.9 Å². The molecule has 0 saturated heterocycles. The van der Waals surface area contributed by atoms with Crippen LogP contribution in [0.25, 0.3) is 0 Å². The number of carbonyl (C=O) groups excluding carboxylic acids is 1. The third kappa shape index (κ3) is 4.03. The van der Waals surface area contributed by atoms with Gasteiger partial charge >= 0.3 is 0 Å². The van der Waals surface area contributed by atoms with Crippen molar-refractivity contribution in [3.05, 3.63) is 33.8 Å². The summed E-state index contributed by atoms with van der Waals surface area (Å²) < 4.78 is 25.5. The van der Waals surface area contributed by atoms with E-state index in [0.717, 1.165) is 14.9 Å². The molecule has 3 nitrogen and oxygen atoms in total. The summed E-state index contributed by atoms with van der Waals surface area (Å²) >= 11 is 3.30. The van der Waals surface area contributed by atoms with E-state index in [1.807, 2.05) is 6.92 Å². The molecule has 0 heterocycles. The fourth-order valence-electron chi connectivity index (χ4n) is 1.52. The van der Waals surface area contributed by atoms with E-state index in [9.17, 15) is 13.6 Å². The minimum Gasteiger partial charge on any atom is -0.395 e. The number of benzene rings is 1. The number of amides is 1. The molecule has 0 bridgehead atoms. The zero-order chi connectivity index (χ0) is 13.7. The molecule has 6 heteroatoms. The Bertz CT molecular complexity index is 427. The average molecular weight is 322 g/mol. The molecule has 1 N–H and O–H groups in total. The molecule has 0 fully saturated rings. The molecule has 0 unspecified atom stereocenters. The molecule has 0 radical (unpaired) electrons. The van der Waals surface area contributed by atoms with Crippen LogP contribution >= 0.6 is 15.9 Å². The van der Waals surface area contributed by atoms with Crippen LogP contribution < -0.4 is 0 Å². The zero-order valence-corrected chi connectivity index (χ0v) is 11.5. The van der Waals surface area contributed by atoms with Crippen LogP contribution in [0.1, 0.15) is 15.9 Å².